The molecule has 2 aromatic heterocycles. The average molecular weight is 285 g/mol. The number of nitrogens with two attached hydrogens (primary N) is 1. The van der Waals surface area contributed by atoms with Crippen molar-refractivity contribution >= 4 is 34.8 Å². The fraction of sp³-hybridized carbons (Fsp3) is 0.100. The van der Waals surface area contributed by atoms with Gasteiger partial charge in [0.1, 0.15) is 5.82 Å². The van der Waals surface area contributed by atoms with Gasteiger partial charge in [-0.3, -0.25) is 0 Å². The topological polar surface area (TPSA) is 88.8 Å². The molecule has 2 heterocycles. The van der Waals surface area contributed by atoms with Crippen LogP contribution in [0.1, 0.15) is 5.69 Å². The lowest BCUT2D eigenvalue weighted by atomic mass is 10.3. The Morgan fingerprint density at radius 3 is 2.67 bits per heavy atom. The van der Waals surface area contributed by atoms with Crippen molar-refractivity contribution in [2.45, 2.75) is 6.54 Å². The van der Waals surface area contributed by atoms with Gasteiger partial charge in [0.15, 0.2) is 5.82 Å². The third-order valence-corrected chi connectivity index (χ3v) is 2.71. The van der Waals surface area contributed by atoms with E-state index in [1.54, 1.807) is 18.3 Å². The Morgan fingerprint density at radius 2 is 2.00 bits per heavy atom. The lowest BCUT2D eigenvalue weighted by Crippen LogP contribution is -2.11. The summed E-state index contributed by atoms with van der Waals surface area (Å²) in [5.74, 6) is 6.11. The monoisotopic (exact) mass is 284 g/mol. The van der Waals surface area contributed by atoms with Crippen LogP contribution in [0.3, 0.4) is 0 Å². The number of anilines is 2. The van der Waals surface area contributed by atoms with Crippen LogP contribution in [0.4, 0.5) is 11.6 Å². The third-order valence-electron chi connectivity index (χ3n) is 2.13. The molecule has 0 bridgehead atoms. The Morgan fingerprint density at radius 1 is 1.22 bits per heavy atom. The van der Waals surface area contributed by atoms with E-state index in [9.17, 15) is 0 Å². The first-order valence-electron chi connectivity index (χ1n) is 5.04. The molecule has 0 aliphatic heterocycles. The molecule has 0 radical (unpaired) electrons. The fourth-order valence-electron chi connectivity index (χ4n) is 1.29. The number of hydrogen-bond acceptors (Lipinski definition) is 6. The molecule has 0 amide bonds. The molecule has 18 heavy (non-hydrogen) atoms. The van der Waals surface area contributed by atoms with E-state index in [-0.39, 0.29) is 0 Å². The molecule has 0 fully saturated rings. The molecule has 94 valence electrons. The van der Waals surface area contributed by atoms with Crippen LogP contribution in [0.2, 0.25) is 10.0 Å². The second kappa shape index (κ2) is 5.81. The van der Waals surface area contributed by atoms with Gasteiger partial charge in [0.2, 0.25) is 0 Å². The van der Waals surface area contributed by atoms with Crippen LogP contribution < -0.4 is 16.6 Å². The highest BCUT2D eigenvalue weighted by atomic mass is 35.5. The molecular weight excluding hydrogens is 275 g/mol. The zero-order valence-electron chi connectivity index (χ0n) is 9.19. The average Bonchev–Trinajstić information content (AvgIpc) is 2.39. The number of pyridine rings is 1. The van der Waals surface area contributed by atoms with Crippen molar-refractivity contribution in [2.75, 3.05) is 10.7 Å². The first-order valence-corrected chi connectivity index (χ1v) is 5.79. The van der Waals surface area contributed by atoms with Gasteiger partial charge in [0.25, 0.3) is 0 Å². The van der Waals surface area contributed by atoms with E-state index in [0.717, 1.165) is 5.69 Å². The summed E-state index contributed by atoms with van der Waals surface area (Å²) in [6.07, 6.45) is 1.60. The lowest BCUT2D eigenvalue weighted by molar-refractivity contribution is 0.920. The molecule has 0 atom stereocenters. The second-order valence-corrected chi connectivity index (χ2v) is 4.18. The molecule has 6 nitrogen and oxygen atoms in total. The molecule has 0 unspecified atom stereocenters. The first kappa shape index (κ1) is 12.8. The molecule has 2 rings (SSSR count). The number of rotatable bonds is 4. The van der Waals surface area contributed by atoms with Crippen LogP contribution in [0.15, 0.2) is 24.4 Å². The summed E-state index contributed by atoms with van der Waals surface area (Å²) in [6.45, 7) is 0.451. The summed E-state index contributed by atoms with van der Waals surface area (Å²) in [7, 11) is 0. The highest BCUT2D eigenvalue weighted by Gasteiger charge is 2.08. The van der Waals surface area contributed by atoms with Crippen molar-refractivity contribution < 1.29 is 0 Å². The summed E-state index contributed by atoms with van der Waals surface area (Å²) in [5.41, 5.74) is 3.16. The van der Waals surface area contributed by atoms with Crippen LogP contribution in [-0.4, -0.2) is 15.2 Å². The second-order valence-electron chi connectivity index (χ2n) is 3.36. The molecular formula is C10H10Cl2N6. The van der Waals surface area contributed by atoms with Gasteiger partial charge >= 0.3 is 0 Å². The summed E-state index contributed by atoms with van der Waals surface area (Å²) in [5, 5.41) is 11.5. The van der Waals surface area contributed by atoms with Crippen LogP contribution in [0.5, 0.6) is 0 Å². The molecule has 0 spiro atoms. The van der Waals surface area contributed by atoms with Crippen molar-refractivity contribution in [3.8, 4) is 0 Å². The number of nitrogens with one attached hydrogen (secondary N) is 2. The number of hydrazine groups is 1. The number of nitrogen functional groups attached to an aromatic ring is 1. The molecule has 4 N–H and O–H groups in total. The zero-order valence-corrected chi connectivity index (χ0v) is 10.7. The minimum atomic E-state index is 0.350. The Labute approximate surface area is 113 Å². The van der Waals surface area contributed by atoms with Crippen molar-refractivity contribution in [1.29, 1.82) is 0 Å². The van der Waals surface area contributed by atoms with Crippen LogP contribution >= 0.6 is 23.2 Å². The van der Waals surface area contributed by atoms with Crippen molar-refractivity contribution in [3.05, 3.63) is 40.1 Å². The normalized spacial score (nSPS) is 10.2. The Kier molecular flexibility index (Phi) is 4.14. The van der Waals surface area contributed by atoms with Crippen LogP contribution in [0.25, 0.3) is 0 Å². The lowest BCUT2D eigenvalue weighted by Gasteiger charge is -2.10. The minimum Gasteiger partial charge on any atom is -0.363 e. The van der Waals surface area contributed by atoms with Crippen LogP contribution in [-0.2, 0) is 6.54 Å². The van der Waals surface area contributed by atoms with Crippen molar-refractivity contribution in [2.24, 2.45) is 5.84 Å². The van der Waals surface area contributed by atoms with E-state index in [1.165, 1.54) is 0 Å². The molecule has 0 aliphatic carbocycles. The number of aromatic nitrogens is 3. The summed E-state index contributed by atoms with van der Waals surface area (Å²) in [4.78, 5) is 4.15. The SMILES string of the molecule is NNc1nc(NCc2cccnn2)c(Cl)cc1Cl. The fourth-order valence-corrected chi connectivity index (χ4v) is 1.77. The molecule has 8 heteroatoms. The first-order chi connectivity index (χ1) is 8.70. The Bertz CT molecular complexity index is 533. The molecule has 0 saturated carbocycles. The quantitative estimate of drug-likeness (QED) is 0.588. The third kappa shape index (κ3) is 2.98. The van der Waals surface area contributed by atoms with Gasteiger partial charge in [0.05, 0.1) is 22.3 Å². The number of nitrogens with zero attached hydrogens (tertiary/aromatic N) is 3. The van der Waals surface area contributed by atoms with Crippen molar-refractivity contribution in [3.63, 3.8) is 0 Å². The van der Waals surface area contributed by atoms with E-state index < -0.39 is 0 Å². The maximum atomic E-state index is 6.01. The van der Waals surface area contributed by atoms with Gasteiger partial charge in [-0.2, -0.15) is 10.2 Å². The van der Waals surface area contributed by atoms with Crippen molar-refractivity contribution in [1.82, 2.24) is 15.2 Å². The van der Waals surface area contributed by atoms with E-state index in [0.29, 0.717) is 28.2 Å². The molecule has 0 aromatic carbocycles. The summed E-state index contributed by atoms with van der Waals surface area (Å²) in [6, 6.07) is 5.20. The zero-order chi connectivity index (χ0) is 13.0. The predicted molar refractivity (Wildman–Crippen MR) is 71.4 cm³/mol. The predicted octanol–water partition coefficient (Wildman–Crippen LogP) is 2.08. The Hall–Kier alpha value is -1.63. The number of halogens is 2. The number of hydrogen-bond donors (Lipinski definition) is 3. The molecule has 0 saturated heterocycles. The van der Waals surface area contributed by atoms with Gasteiger partial charge in [-0.1, -0.05) is 23.2 Å². The van der Waals surface area contributed by atoms with E-state index >= 15 is 0 Å². The highest BCUT2D eigenvalue weighted by molar-refractivity contribution is 6.37. The highest BCUT2D eigenvalue weighted by Crippen LogP contribution is 2.28. The smallest absolute Gasteiger partial charge is 0.161 e. The van der Waals surface area contributed by atoms with E-state index in [4.69, 9.17) is 29.0 Å². The standard InChI is InChI=1S/C10H10Cl2N6/c11-7-4-8(12)10(17-13)16-9(7)14-5-6-2-1-3-15-18-6/h1-4H,5,13H2,(H2,14,16,17). The van der Waals surface area contributed by atoms with Crippen LogP contribution in [0, 0.1) is 0 Å². The van der Waals surface area contributed by atoms with Gasteiger partial charge in [-0.15, -0.1) is 0 Å². The molecule has 0 aliphatic rings. The maximum Gasteiger partial charge on any atom is 0.161 e. The minimum absolute atomic E-state index is 0.350. The van der Waals surface area contributed by atoms with E-state index in [1.807, 2.05) is 6.07 Å². The Balaban J connectivity index is 2.14. The summed E-state index contributed by atoms with van der Waals surface area (Å²) < 4.78 is 0. The van der Waals surface area contributed by atoms with Gasteiger partial charge < -0.3 is 10.7 Å². The van der Waals surface area contributed by atoms with Gasteiger partial charge in [-0.25, -0.2) is 10.8 Å². The van der Waals surface area contributed by atoms with Gasteiger partial charge in [-0.05, 0) is 18.2 Å². The summed E-state index contributed by atoms with van der Waals surface area (Å²) >= 11 is 11.9. The maximum absolute atomic E-state index is 6.01. The van der Waals surface area contributed by atoms with E-state index in [2.05, 4.69) is 25.9 Å². The molecule has 2 aromatic rings. The largest absolute Gasteiger partial charge is 0.363 e. The van der Waals surface area contributed by atoms with Gasteiger partial charge in [0, 0.05) is 6.20 Å².